The zero-order chi connectivity index (χ0) is 15.2. The molecular formula is C16H32N2O2. The van der Waals surface area contributed by atoms with Crippen molar-refractivity contribution in [2.45, 2.75) is 71.4 Å². The van der Waals surface area contributed by atoms with Gasteiger partial charge in [-0.2, -0.15) is 0 Å². The van der Waals surface area contributed by atoms with Crippen molar-refractivity contribution in [2.75, 3.05) is 13.7 Å². The predicted octanol–water partition coefficient (Wildman–Crippen LogP) is 2.46. The van der Waals surface area contributed by atoms with Crippen molar-refractivity contribution >= 4 is 5.91 Å². The summed E-state index contributed by atoms with van der Waals surface area (Å²) in [7, 11) is 1.74. The second-order valence-corrected chi connectivity index (χ2v) is 6.67. The molecule has 1 rings (SSSR count). The molecule has 20 heavy (non-hydrogen) atoms. The summed E-state index contributed by atoms with van der Waals surface area (Å²) < 4.78 is 5.41. The topological polar surface area (TPSA) is 64.4 Å². The molecule has 0 saturated heterocycles. The highest BCUT2D eigenvalue weighted by Crippen LogP contribution is 2.42. The summed E-state index contributed by atoms with van der Waals surface area (Å²) in [6.07, 6.45) is 6.13. The maximum absolute atomic E-state index is 12.1. The fourth-order valence-corrected chi connectivity index (χ4v) is 3.21. The summed E-state index contributed by atoms with van der Waals surface area (Å²) in [6, 6.07) is 0.249. The fourth-order valence-electron chi connectivity index (χ4n) is 3.21. The molecule has 4 heteroatoms. The second-order valence-electron chi connectivity index (χ2n) is 6.67. The van der Waals surface area contributed by atoms with E-state index in [0.717, 1.165) is 32.2 Å². The number of carbonyl (C=O) groups excluding carboxylic acids is 1. The molecule has 4 nitrogen and oxygen atoms in total. The Morgan fingerprint density at radius 2 is 2.10 bits per heavy atom. The van der Waals surface area contributed by atoms with E-state index in [1.807, 2.05) is 0 Å². The molecule has 1 amide bonds. The van der Waals surface area contributed by atoms with Crippen LogP contribution in [-0.2, 0) is 9.53 Å². The molecule has 0 aliphatic heterocycles. The largest absolute Gasteiger partial charge is 0.381 e. The van der Waals surface area contributed by atoms with Gasteiger partial charge in [0.15, 0.2) is 0 Å². The first-order valence-electron chi connectivity index (χ1n) is 7.97. The Morgan fingerprint density at radius 3 is 2.60 bits per heavy atom. The molecule has 0 spiro atoms. The van der Waals surface area contributed by atoms with Crippen LogP contribution in [0.15, 0.2) is 0 Å². The van der Waals surface area contributed by atoms with E-state index >= 15 is 0 Å². The van der Waals surface area contributed by atoms with Crippen LogP contribution in [0.25, 0.3) is 0 Å². The molecular weight excluding hydrogens is 252 g/mol. The van der Waals surface area contributed by atoms with Gasteiger partial charge in [0.1, 0.15) is 0 Å². The summed E-state index contributed by atoms with van der Waals surface area (Å²) in [4.78, 5) is 12.1. The fraction of sp³-hybridized carbons (Fsp3) is 0.938. The van der Waals surface area contributed by atoms with Gasteiger partial charge in [0.2, 0.25) is 5.91 Å². The molecule has 0 aromatic carbocycles. The van der Waals surface area contributed by atoms with E-state index in [1.54, 1.807) is 7.11 Å². The Hall–Kier alpha value is -0.610. The van der Waals surface area contributed by atoms with E-state index in [4.69, 9.17) is 10.5 Å². The molecule has 0 aromatic heterocycles. The smallest absolute Gasteiger partial charge is 0.220 e. The Kier molecular flexibility index (Phi) is 6.96. The maximum atomic E-state index is 12.1. The minimum atomic E-state index is 0.0461. The number of nitrogens with two attached hydrogens (primary N) is 1. The molecule has 1 aliphatic rings. The first-order chi connectivity index (χ1) is 9.45. The Morgan fingerprint density at radius 1 is 1.40 bits per heavy atom. The second kappa shape index (κ2) is 7.99. The highest BCUT2D eigenvalue weighted by molar-refractivity contribution is 5.76. The average Bonchev–Trinajstić information content (AvgIpc) is 2.40. The van der Waals surface area contributed by atoms with Gasteiger partial charge < -0.3 is 15.8 Å². The van der Waals surface area contributed by atoms with Crippen LogP contribution in [-0.4, -0.2) is 31.7 Å². The lowest BCUT2D eigenvalue weighted by Crippen LogP contribution is -2.61. The Labute approximate surface area is 123 Å². The number of rotatable bonds is 9. The molecule has 118 valence electrons. The first-order valence-corrected chi connectivity index (χ1v) is 7.97. The first kappa shape index (κ1) is 17.4. The summed E-state index contributed by atoms with van der Waals surface area (Å²) in [5.41, 5.74) is 5.68. The van der Waals surface area contributed by atoms with Crippen molar-refractivity contribution in [3.8, 4) is 0 Å². The lowest BCUT2D eigenvalue weighted by atomic mass is 9.64. The third kappa shape index (κ3) is 4.45. The van der Waals surface area contributed by atoms with Gasteiger partial charge in [0.05, 0.1) is 6.10 Å². The molecule has 3 atom stereocenters. The van der Waals surface area contributed by atoms with Crippen molar-refractivity contribution < 1.29 is 9.53 Å². The number of ether oxygens (including phenoxy) is 1. The van der Waals surface area contributed by atoms with Crippen molar-refractivity contribution in [2.24, 2.45) is 17.1 Å². The number of amides is 1. The standard InChI is InChI=1S/C16H32N2O2/c1-5-6-12(9-10-17)7-8-15(19)18-13-11-14(20-4)16(13,2)3/h12-14H,5-11,17H2,1-4H3,(H,18,19). The van der Waals surface area contributed by atoms with Crippen LogP contribution in [0, 0.1) is 11.3 Å². The lowest BCUT2D eigenvalue weighted by Gasteiger charge is -2.51. The lowest BCUT2D eigenvalue weighted by molar-refractivity contribution is -0.132. The van der Waals surface area contributed by atoms with Crippen LogP contribution in [0.4, 0.5) is 0 Å². The van der Waals surface area contributed by atoms with E-state index in [9.17, 15) is 4.79 Å². The molecule has 3 unspecified atom stereocenters. The van der Waals surface area contributed by atoms with Crippen molar-refractivity contribution in [1.82, 2.24) is 5.32 Å². The van der Waals surface area contributed by atoms with Gasteiger partial charge in [-0.1, -0.05) is 33.6 Å². The van der Waals surface area contributed by atoms with E-state index in [-0.39, 0.29) is 23.5 Å². The third-order valence-corrected chi connectivity index (χ3v) is 4.85. The number of hydrogen-bond donors (Lipinski definition) is 2. The van der Waals surface area contributed by atoms with Crippen molar-refractivity contribution in [1.29, 1.82) is 0 Å². The predicted molar refractivity (Wildman–Crippen MR) is 82.4 cm³/mol. The van der Waals surface area contributed by atoms with Crippen LogP contribution < -0.4 is 11.1 Å². The zero-order valence-corrected chi connectivity index (χ0v) is 13.6. The SMILES string of the molecule is CCCC(CCN)CCC(=O)NC1CC(OC)C1(C)C. The normalized spacial score (nSPS) is 25.9. The number of hydrogen-bond acceptors (Lipinski definition) is 3. The number of methoxy groups -OCH3 is 1. The average molecular weight is 284 g/mol. The Bertz CT molecular complexity index is 299. The minimum absolute atomic E-state index is 0.0461. The molecule has 0 aromatic rings. The van der Waals surface area contributed by atoms with Gasteiger partial charge in [-0.3, -0.25) is 4.79 Å². The highest BCUT2D eigenvalue weighted by atomic mass is 16.5. The quantitative estimate of drug-likeness (QED) is 0.683. The van der Waals surface area contributed by atoms with Gasteiger partial charge in [-0.25, -0.2) is 0 Å². The molecule has 0 radical (unpaired) electrons. The summed E-state index contributed by atoms with van der Waals surface area (Å²) in [5.74, 6) is 0.771. The van der Waals surface area contributed by atoms with E-state index in [0.29, 0.717) is 12.3 Å². The van der Waals surface area contributed by atoms with Gasteiger partial charge >= 0.3 is 0 Å². The molecule has 0 heterocycles. The van der Waals surface area contributed by atoms with Crippen molar-refractivity contribution in [3.63, 3.8) is 0 Å². The zero-order valence-electron chi connectivity index (χ0n) is 13.6. The third-order valence-electron chi connectivity index (χ3n) is 4.85. The summed E-state index contributed by atoms with van der Waals surface area (Å²) >= 11 is 0. The maximum Gasteiger partial charge on any atom is 0.220 e. The van der Waals surface area contributed by atoms with E-state index < -0.39 is 0 Å². The number of carbonyl (C=O) groups is 1. The van der Waals surface area contributed by atoms with Crippen LogP contribution >= 0.6 is 0 Å². The minimum Gasteiger partial charge on any atom is -0.381 e. The molecule has 1 fully saturated rings. The van der Waals surface area contributed by atoms with Crippen LogP contribution in [0.3, 0.4) is 0 Å². The number of nitrogens with one attached hydrogen (secondary N) is 1. The van der Waals surface area contributed by atoms with Gasteiger partial charge in [0, 0.05) is 25.0 Å². The Balaban J connectivity index is 2.30. The van der Waals surface area contributed by atoms with Crippen LogP contribution in [0.5, 0.6) is 0 Å². The molecule has 1 saturated carbocycles. The highest BCUT2D eigenvalue weighted by Gasteiger charge is 2.49. The molecule has 1 aliphatic carbocycles. The molecule has 0 bridgehead atoms. The monoisotopic (exact) mass is 284 g/mol. The van der Waals surface area contributed by atoms with Gasteiger partial charge in [-0.05, 0) is 31.7 Å². The van der Waals surface area contributed by atoms with Gasteiger partial charge in [-0.15, -0.1) is 0 Å². The van der Waals surface area contributed by atoms with Crippen LogP contribution in [0.1, 0.15) is 59.3 Å². The van der Waals surface area contributed by atoms with Crippen molar-refractivity contribution in [3.05, 3.63) is 0 Å². The van der Waals surface area contributed by atoms with E-state index in [1.165, 1.54) is 6.42 Å². The molecule has 3 N–H and O–H groups in total. The van der Waals surface area contributed by atoms with E-state index in [2.05, 4.69) is 26.1 Å². The summed E-state index contributed by atoms with van der Waals surface area (Å²) in [6.45, 7) is 7.22. The van der Waals surface area contributed by atoms with Gasteiger partial charge in [0.25, 0.3) is 0 Å². The van der Waals surface area contributed by atoms with Crippen LogP contribution in [0.2, 0.25) is 0 Å². The summed E-state index contributed by atoms with van der Waals surface area (Å²) in [5, 5.41) is 3.16.